The molecule has 0 spiro atoms. The third kappa shape index (κ3) is 5.39. The summed E-state index contributed by atoms with van der Waals surface area (Å²) in [5.41, 5.74) is 9.26. The molecule has 3 rings (SSSR count). The Bertz CT molecular complexity index is 884. The highest BCUT2D eigenvalue weighted by Crippen LogP contribution is 2.26. The van der Waals surface area contributed by atoms with E-state index in [1.807, 2.05) is 36.7 Å². The molecule has 0 radical (unpaired) electrons. The van der Waals surface area contributed by atoms with Gasteiger partial charge in [0, 0.05) is 12.4 Å². The number of aryl methyl sites for hydroxylation is 6. The lowest BCUT2D eigenvalue weighted by atomic mass is 10.1. The number of ether oxygens (including phenoxy) is 1. The first kappa shape index (κ1) is 20.9. The summed E-state index contributed by atoms with van der Waals surface area (Å²) in [6.07, 6.45) is 11.4. The number of hydrogen-bond donors (Lipinski definition) is 0. The van der Waals surface area contributed by atoms with Crippen LogP contribution in [0.3, 0.4) is 0 Å². The Morgan fingerprint density at radius 2 is 0.966 bits per heavy atom. The molecule has 0 amide bonds. The molecule has 0 aliphatic carbocycles. The minimum absolute atomic E-state index is 0.207. The first-order valence-electron chi connectivity index (χ1n) is 10.1. The topological polar surface area (TPSA) is 34.0 Å². The second-order valence-corrected chi connectivity index (χ2v) is 7.89. The summed E-state index contributed by atoms with van der Waals surface area (Å²) in [6.45, 7) is 12.6. The van der Waals surface area contributed by atoms with Gasteiger partial charge >= 0.3 is 0 Å². The van der Waals surface area contributed by atoms with Crippen molar-refractivity contribution in [3.63, 3.8) is 0 Å². The summed E-state index contributed by atoms with van der Waals surface area (Å²) in [4.78, 5) is 9.46. The van der Waals surface area contributed by atoms with Crippen LogP contribution >= 0.6 is 0 Å². The molecule has 0 fully saturated rings. The second-order valence-electron chi connectivity index (χ2n) is 7.89. The van der Waals surface area contributed by atoms with E-state index < -0.39 is 0 Å². The Morgan fingerprint density at radius 3 is 1.31 bits per heavy atom. The molecule has 0 aromatic heterocycles. The van der Waals surface area contributed by atoms with Crippen LogP contribution in [-0.2, 0) is 4.74 Å². The van der Waals surface area contributed by atoms with Crippen LogP contribution < -0.4 is 0 Å². The fourth-order valence-electron chi connectivity index (χ4n) is 3.84. The lowest BCUT2D eigenvalue weighted by molar-refractivity contribution is 0.126. The molecule has 3 nitrogen and oxygen atoms in total. The lowest BCUT2D eigenvalue weighted by Gasteiger charge is -2.14. The van der Waals surface area contributed by atoms with Crippen molar-refractivity contribution in [3.05, 3.63) is 82.0 Å². The molecule has 150 valence electrons. The van der Waals surface area contributed by atoms with Crippen LogP contribution in [-0.4, -0.2) is 24.6 Å². The van der Waals surface area contributed by atoms with E-state index in [4.69, 9.17) is 14.7 Å². The Morgan fingerprint density at radius 1 is 0.621 bits per heavy atom. The number of benzene rings is 2. The summed E-state index contributed by atoms with van der Waals surface area (Å²) in [6, 6.07) is 8.64. The summed E-state index contributed by atoms with van der Waals surface area (Å²) >= 11 is 0. The van der Waals surface area contributed by atoms with Gasteiger partial charge in [0.15, 0.2) is 0 Å². The molecule has 0 N–H and O–H groups in total. The standard InChI is InChI=1S/C26H30N2O/c1-17-11-19(3)25(20(4)12-17)27-15-23-9-7-8-10-24(29-23)16-28-26-21(5)13-18(2)14-22(26)6/h7-16,23-24H,1-6H3. The van der Waals surface area contributed by atoms with Crippen molar-refractivity contribution < 1.29 is 4.74 Å². The van der Waals surface area contributed by atoms with Crippen LogP contribution in [0.25, 0.3) is 0 Å². The van der Waals surface area contributed by atoms with E-state index in [1.54, 1.807) is 0 Å². The molecular weight excluding hydrogens is 356 g/mol. The molecule has 0 saturated heterocycles. The number of rotatable bonds is 4. The predicted molar refractivity (Wildman–Crippen MR) is 125 cm³/mol. The van der Waals surface area contributed by atoms with Gasteiger partial charge in [-0.3, -0.25) is 9.98 Å². The fraction of sp³-hybridized carbons (Fsp3) is 0.308. The number of hydrogen-bond acceptors (Lipinski definition) is 3. The van der Waals surface area contributed by atoms with Crippen LogP contribution in [0, 0.1) is 41.5 Å². The monoisotopic (exact) mass is 386 g/mol. The maximum atomic E-state index is 6.19. The summed E-state index contributed by atoms with van der Waals surface area (Å²) in [7, 11) is 0. The van der Waals surface area contributed by atoms with Crippen molar-refractivity contribution in [1.82, 2.24) is 0 Å². The third-order valence-electron chi connectivity index (χ3n) is 5.00. The highest BCUT2D eigenvalue weighted by molar-refractivity contribution is 5.75. The molecule has 29 heavy (non-hydrogen) atoms. The number of aliphatic imine (C=N–C) groups is 2. The molecule has 1 heterocycles. The van der Waals surface area contributed by atoms with E-state index in [-0.39, 0.29) is 12.2 Å². The van der Waals surface area contributed by atoms with Gasteiger partial charge in [-0.25, -0.2) is 0 Å². The zero-order valence-electron chi connectivity index (χ0n) is 18.2. The molecule has 1 aliphatic heterocycles. The van der Waals surface area contributed by atoms with Crippen LogP contribution in [0.5, 0.6) is 0 Å². The predicted octanol–water partition coefficient (Wildman–Crippen LogP) is 6.52. The van der Waals surface area contributed by atoms with E-state index >= 15 is 0 Å². The Balaban J connectivity index is 1.76. The normalized spacial score (nSPS) is 19.4. The van der Waals surface area contributed by atoms with Crippen LogP contribution in [0.1, 0.15) is 33.4 Å². The smallest absolute Gasteiger partial charge is 0.112 e. The van der Waals surface area contributed by atoms with Gasteiger partial charge < -0.3 is 4.74 Å². The van der Waals surface area contributed by atoms with Crippen molar-refractivity contribution in [2.75, 3.05) is 0 Å². The van der Waals surface area contributed by atoms with Crippen molar-refractivity contribution in [3.8, 4) is 0 Å². The average molecular weight is 387 g/mol. The minimum Gasteiger partial charge on any atom is -0.355 e. The van der Waals surface area contributed by atoms with Crippen LogP contribution in [0.4, 0.5) is 11.4 Å². The van der Waals surface area contributed by atoms with Crippen molar-refractivity contribution in [2.24, 2.45) is 9.98 Å². The van der Waals surface area contributed by atoms with E-state index in [1.165, 1.54) is 33.4 Å². The summed E-state index contributed by atoms with van der Waals surface area (Å²) in [5, 5.41) is 0. The largest absolute Gasteiger partial charge is 0.355 e. The average Bonchev–Trinajstić information content (AvgIpc) is 2.85. The van der Waals surface area contributed by atoms with E-state index in [2.05, 4.69) is 65.8 Å². The number of allylic oxidation sites excluding steroid dienone is 2. The maximum absolute atomic E-state index is 6.19. The van der Waals surface area contributed by atoms with Crippen molar-refractivity contribution in [2.45, 2.75) is 53.8 Å². The van der Waals surface area contributed by atoms with Crippen molar-refractivity contribution >= 4 is 23.8 Å². The van der Waals surface area contributed by atoms with Gasteiger partial charge in [-0.15, -0.1) is 0 Å². The summed E-state index contributed by atoms with van der Waals surface area (Å²) in [5.74, 6) is 0. The Hall–Kier alpha value is -2.78. The molecule has 2 aromatic carbocycles. The number of nitrogens with zero attached hydrogens (tertiary/aromatic N) is 2. The molecule has 1 aliphatic rings. The molecule has 2 aromatic rings. The van der Waals surface area contributed by atoms with Gasteiger partial charge in [-0.2, -0.15) is 0 Å². The lowest BCUT2D eigenvalue weighted by Crippen LogP contribution is -2.20. The first-order chi connectivity index (χ1) is 13.8. The molecule has 2 unspecified atom stereocenters. The molecule has 0 bridgehead atoms. The molecule has 0 saturated carbocycles. The van der Waals surface area contributed by atoms with Gasteiger partial charge in [-0.05, 0) is 63.8 Å². The Labute approximate surface area is 174 Å². The van der Waals surface area contributed by atoms with Crippen LogP contribution in [0.2, 0.25) is 0 Å². The zero-order chi connectivity index (χ0) is 21.0. The van der Waals surface area contributed by atoms with Crippen molar-refractivity contribution in [1.29, 1.82) is 0 Å². The molecule has 2 atom stereocenters. The third-order valence-corrected chi connectivity index (χ3v) is 5.00. The summed E-state index contributed by atoms with van der Waals surface area (Å²) < 4.78 is 6.19. The van der Waals surface area contributed by atoms with E-state index in [0.717, 1.165) is 11.4 Å². The van der Waals surface area contributed by atoms with Gasteiger partial charge in [-0.1, -0.05) is 59.7 Å². The van der Waals surface area contributed by atoms with Crippen LogP contribution in [0.15, 0.2) is 58.6 Å². The van der Waals surface area contributed by atoms with E-state index in [0.29, 0.717) is 0 Å². The van der Waals surface area contributed by atoms with Gasteiger partial charge in [0.1, 0.15) is 12.2 Å². The zero-order valence-corrected chi connectivity index (χ0v) is 18.2. The highest BCUT2D eigenvalue weighted by atomic mass is 16.5. The Kier molecular flexibility index (Phi) is 6.60. The SMILES string of the molecule is Cc1cc(C)c(N=CC2C=CC=CC(C=Nc3c(C)cc(C)cc3C)O2)c(C)c1. The quantitative estimate of drug-likeness (QED) is 0.551. The highest BCUT2D eigenvalue weighted by Gasteiger charge is 2.12. The maximum Gasteiger partial charge on any atom is 0.112 e. The van der Waals surface area contributed by atoms with Gasteiger partial charge in [0.25, 0.3) is 0 Å². The fourth-order valence-corrected chi connectivity index (χ4v) is 3.84. The molecule has 3 heteroatoms. The van der Waals surface area contributed by atoms with E-state index in [9.17, 15) is 0 Å². The molecular formula is C26H30N2O. The second kappa shape index (κ2) is 9.15. The van der Waals surface area contributed by atoms with Gasteiger partial charge in [0.05, 0.1) is 11.4 Å². The first-order valence-corrected chi connectivity index (χ1v) is 10.1. The van der Waals surface area contributed by atoms with Gasteiger partial charge in [0.2, 0.25) is 0 Å². The minimum atomic E-state index is -0.207.